The fourth-order valence-electron chi connectivity index (χ4n) is 5.89. The molecule has 8 heterocycles. The normalized spacial score (nSPS) is 13.3. The molecule has 27 heteroatoms. The zero-order valence-corrected chi connectivity index (χ0v) is 43.3. The van der Waals surface area contributed by atoms with Gasteiger partial charge in [-0.15, -0.1) is 0 Å². The van der Waals surface area contributed by atoms with Crippen LogP contribution in [0.3, 0.4) is 0 Å². The Labute approximate surface area is 419 Å². The molecule has 0 aliphatic heterocycles. The number of nitrogens with zero attached hydrogens (tertiary/aromatic N) is 8. The van der Waals surface area contributed by atoms with Gasteiger partial charge in [-0.05, 0) is 153 Å². The molecule has 0 N–H and O–H groups in total. The Morgan fingerprint density at radius 3 is 0.437 bits per heavy atom. The van der Waals surface area contributed by atoms with Crippen molar-refractivity contribution in [3.8, 4) is 0 Å². The summed E-state index contributed by atoms with van der Waals surface area (Å²) in [6.45, 7) is 0. The number of hydrogen-bond acceptors (Lipinski definition) is 8. The summed E-state index contributed by atoms with van der Waals surface area (Å²) in [4.78, 5) is 37.1. The monoisotopic (exact) mass is 1200 g/mol. The first-order chi connectivity index (χ1) is 32.7. The Morgan fingerprint density at radius 1 is 0.239 bits per heavy atom. The fourth-order valence-corrected chi connectivity index (χ4v) is 15.6. The first-order valence-corrected chi connectivity index (χ1v) is 30.4. The molecule has 0 fully saturated rings. The molecule has 8 rings (SSSR count). The van der Waals surface area contributed by atoms with Crippen LogP contribution in [0.4, 0.5) is 50.4 Å². The fraction of sp³-hybridized carbons (Fsp3) is 0.0909. The van der Waals surface area contributed by atoms with Crippen molar-refractivity contribution in [3.63, 3.8) is 0 Å². The van der Waals surface area contributed by atoms with E-state index in [9.17, 15) is 50.4 Å². The minimum atomic E-state index is -10.7. The second kappa shape index (κ2) is 24.6. The number of aromatic nitrogens is 8. The second-order valence-electron chi connectivity index (χ2n) is 14.0. The van der Waals surface area contributed by atoms with E-state index in [4.69, 9.17) is 0 Å². The molecule has 0 spiro atoms. The molecule has 380 valence electrons. The van der Waals surface area contributed by atoms with Gasteiger partial charge in [0.05, 0.1) is 43.5 Å². The minimum absolute atomic E-state index is 0. The molecule has 0 saturated carbocycles. The van der Waals surface area contributed by atoms with E-state index in [1.165, 1.54) is 0 Å². The van der Waals surface area contributed by atoms with Gasteiger partial charge >= 0.3 is 86.4 Å². The van der Waals surface area contributed by atoms with Crippen molar-refractivity contribution in [2.75, 3.05) is 24.6 Å². The average Bonchev–Trinajstić information content (AvgIpc) is 3.32. The first kappa shape index (κ1) is 59.2. The van der Waals surface area contributed by atoms with Gasteiger partial charge < -0.3 is 0 Å². The zero-order valence-electron chi connectivity index (χ0n) is 36.4. The van der Waals surface area contributed by atoms with Crippen LogP contribution in [-0.2, 0) is 20.4 Å². The number of halogens is 12. The molecule has 8 aromatic heterocycles. The van der Waals surface area contributed by atoms with Crippen molar-refractivity contribution in [2.45, 2.75) is 0 Å². The molecular weight excluding hydrogens is 1160 g/mol. The molecule has 71 heavy (non-hydrogen) atoms. The van der Waals surface area contributed by atoms with Crippen molar-refractivity contribution < 1.29 is 70.8 Å². The van der Waals surface area contributed by atoms with Crippen LogP contribution in [0.1, 0.15) is 0 Å². The Hall–Kier alpha value is -4.40. The van der Waals surface area contributed by atoms with Crippen LogP contribution < -0.4 is 43.5 Å². The second-order valence-corrected chi connectivity index (χ2v) is 26.7. The molecule has 8 aromatic rings. The van der Waals surface area contributed by atoms with Crippen LogP contribution in [-0.4, -0.2) is 64.5 Å². The van der Waals surface area contributed by atoms with E-state index >= 15 is 0 Å². The Morgan fingerprint density at radius 2 is 0.352 bits per heavy atom. The van der Waals surface area contributed by atoms with Crippen LogP contribution in [0.2, 0.25) is 0 Å². The summed E-state index contributed by atoms with van der Waals surface area (Å²) in [7, 11) is -23.8. The molecule has 0 radical (unpaired) electrons. The largest absolute Gasteiger partial charge is 2.00 e. The van der Waals surface area contributed by atoms with E-state index in [-0.39, 0.29) is 20.4 Å². The molecule has 0 unspecified atom stereocenters. The van der Waals surface area contributed by atoms with Gasteiger partial charge in [0.25, 0.3) is 0 Å². The van der Waals surface area contributed by atoms with Crippen LogP contribution in [0.25, 0.3) is 0 Å². The summed E-state index contributed by atoms with van der Waals surface area (Å²) < 4.78 is 118. The molecular formula is C44H40F12N8P6Pd. The van der Waals surface area contributed by atoms with E-state index in [0.717, 1.165) is 68.1 Å². The molecule has 0 atom stereocenters. The first-order valence-electron chi connectivity index (χ1n) is 20.2. The van der Waals surface area contributed by atoms with Gasteiger partial charge in [0.1, 0.15) is 0 Å². The minimum Gasteiger partial charge on any atom is -0.256 e. The molecule has 0 aliphatic rings. The standard InChI is InChI=1S/2C22H20N4P2.2F6P.Pd/c2*1-5-13-23-19(9-1)27(20-10-2-6-14-24-20)17-18-28(21-11-3-7-15-25-21)22-12-4-8-16-26-22;2*1-7(2,3,4,5)6;/h2*1-16H,17-18H2;;;/q;;2*-1;+2. The number of pyridine rings is 8. The van der Waals surface area contributed by atoms with Gasteiger partial charge in [0, 0.05) is 49.6 Å². The maximum Gasteiger partial charge on any atom is 2.00 e. The molecule has 0 bridgehead atoms. The molecule has 0 aliphatic carbocycles. The summed E-state index contributed by atoms with van der Waals surface area (Å²) in [5, 5.41) is 0. The van der Waals surface area contributed by atoms with E-state index in [1.807, 2.05) is 98.1 Å². The van der Waals surface area contributed by atoms with Crippen LogP contribution in [0.15, 0.2) is 195 Å². The summed E-state index contributed by atoms with van der Waals surface area (Å²) >= 11 is 0. The van der Waals surface area contributed by atoms with Crippen molar-refractivity contribution >= 4 is 90.8 Å². The summed E-state index contributed by atoms with van der Waals surface area (Å²) in [6.07, 6.45) is 19.0. The van der Waals surface area contributed by atoms with E-state index in [1.54, 1.807) is 0 Å². The van der Waals surface area contributed by atoms with Crippen molar-refractivity contribution in [2.24, 2.45) is 0 Å². The van der Waals surface area contributed by atoms with Crippen LogP contribution >= 0.6 is 47.3 Å². The van der Waals surface area contributed by atoms with E-state index in [2.05, 4.69) is 137 Å². The van der Waals surface area contributed by atoms with E-state index < -0.39 is 47.3 Å². The van der Waals surface area contributed by atoms with Crippen molar-refractivity contribution in [1.29, 1.82) is 0 Å². The van der Waals surface area contributed by atoms with Gasteiger partial charge in [-0.3, -0.25) is 39.9 Å². The maximum atomic E-state index is 9.87. The van der Waals surface area contributed by atoms with Crippen molar-refractivity contribution in [3.05, 3.63) is 195 Å². The Kier molecular flexibility index (Phi) is 20.5. The third kappa shape index (κ3) is 25.7. The summed E-state index contributed by atoms with van der Waals surface area (Å²) in [5.74, 6) is 0. The number of rotatable bonds is 14. The van der Waals surface area contributed by atoms with Crippen molar-refractivity contribution in [1.82, 2.24) is 39.9 Å². The van der Waals surface area contributed by atoms with Gasteiger partial charge in [0.15, 0.2) is 0 Å². The third-order valence-electron chi connectivity index (χ3n) is 8.50. The summed E-state index contributed by atoms with van der Waals surface area (Å²) in [6, 6.07) is 49.1. The predicted octanol–water partition coefficient (Wildman–Crippen LogP) is 12.4. The third-order valence-corrected chi connectivity index (χ3v) is 18.4. The van der Waals surface area contributed by atoms with Crippen LogP contribution in [0.5, 0.6) is 0 Å². The number of hydrogen-bond donors (Lipinski definition) is 0. The SMILES string of the molecule is F[P-](F)(F)(F)(F)F.F[P-](F)(F)(F)(F)F.[Pd+2].c1ccc(P(CCP(c2ccccn2)c2ccccn2)c2ccccn2)nc1.c1ccc(P(CCP(c2ccccn2)c2ccccn2)c2ccccn2)nc1. The quantitative estimate of drug-likeness (QED) is 0.0603. The van der Waals surface area contributed by atoms with Gasteiger partial charge in [-0.1, -0.05) is 48.5 Å². The topological polar surface area (TPSA) is 103 Å². The van der Waals surface area contributed by atoms with Gasteiger partial charge in [-0.2, -0.15) is 0 Å². The molecule has 0 aromatic carbocycles. The molecule has 0 amide bonds. The van der Waals surface area contributed by atoms with E-state index in [0.29, 0.717) is 0 Å². The molecule has 8 nitrogen and oxygen atoms in total. The van der Waals surface area contributed by atoms with Gasteiger partial charge in [-0.25, -0.2) is 0 Å². The van der Waals surface area contributed by atoms with Gasteiger partial charge in [0.2, 0.25) is 0 Å². The zero-order chi connectivity index (χ0) is 50.9. The smallest absolute Gasteiger partial charge is 0.256 e. The Balaban J connectivity index is 0.000000241. The molecule has 0 saturated heterocycles. The predicted molar refractivity (Wildman–Crippen MR) is 265 cm³/mol. The van der Waals surface area contributed by atoms with Crippen LogP contribution in [0, 0.1) is 0 Å². The maximum absolute atomic E-state index is 10.7. The summed E-state index contributed by atoms with van der Waals surface area (Å²) in [5.41, 5.74) is 8.95. The Bertz CT molecular complexity index is 2230. The average molecular weight is 1200 g/mol.